The number of piperazine rings is 1. The van der Waals surface area contributed by atoms with Gasteiger partial charge in [0.25, 0.3) is 0 Å². The Hall–Kier alpha value is -0.650. The van der Waals surface area contributed by atoms with E-state index in [4.69, 9.17) is 4.74 Å². The van der Waals surface area contributed by atoms with Gasteiger partial charge in [0.2, 0.25) is 5.91 Å². The molecule has 0 aliphatic carbocycles. The highest BCUT2D eigenvalue weighted by Gasteiger charge is 2.54. The molecule has 0 aromatic rings. The van der Waals surface area contributed by atoms with Gasteiger partial charge in [-0.2, -0.15) is 0 Å². The van der Waals surface area contributed by atoms with Gasteiger partial charge in [0.15, 0.2) is 0 Å². The van der Waals surface area contributed by atoms with Gasteiger partial charge >= 0.3 is 0 Å². The fourth-order valence-corrected chi connectivity index (χ4v) is 3.79. The Labute approximate surface area is 115 Å². The summed E-state index contributed by atoms with van der Waals surface area (Å²) < 4.78 is 5.61. The predicted octanol–water partition coefficient (Wildman–Crippen LogP) is 0.0121. The van der Waals surface area contributed by atoms with Crippen molar-refractivity contribution in [3.05, 3.63) is 0 Å². The summed E-state index contributed by atoms with van der Waals surface area (Å²) in [6.07, 6.45) is 0. The third-order valence-corrected chi connectivity index (χ3v) is 4.92. The predicted molar refractivity (Wildman–Crippen MR) is 73.0 cm³/mol. The Morgan fingerprint density at radius 2 is 2.05 bits per heavy atom. The van der Waals surface area contributed by atoms with Crippen molar-refractivity contribution in [1.82, 2.24) is 14.7 Å². The monoisotopic (exact) mass is 267 g/mol. The molecule has 1 amide bonds. The van der Waals surface area contributed by atoms with Crippen molar-refractivity contribution >= 4 is 5.91 Å². The zero-order valence-electron chi connectivity index (χ0n) is 12.3. The molecule has 0 N–H and O–H groups in total. The second-order valence-electron chi connectivity index (χ2n) is 6.54. The van der Waals surface area contributed by atoms with E-state index in [1.807, 2.05) is 4.90 Å². The molecule has 3 aliphatic heterocycles. The molecule has 0 aromatic carbocycles. The van der Waals surface area contributed by atoms with Crippen LogP contribution in [-0.2, 0) is 9.53 Å². The van der Waals surface area contributed by atoms with Crippen molar-refractivity contribution in [1.29, 1.82) is 0 Å². The van der Waals surface area contributed by atoms with E-state index in [9.17, 15) is 4.79 Å². The van der Waals surface area contributed by atoms with E-state index < -0.39 is 0 Å². The number of fused-ring (bicyclic) bond motifs is 2. The van der Waals surface area contributed by atoms with Crippen molar-refractivity contribution in [3.63, 3.8) is 0 Å². The summed E-state index contributed by atoms with van der Waals surface area (Å²) in [5.74, 6) is 0.201. The SMILES string of the molecule is CC(=O)N1CC2COCCN2C2(C1)CN(C(C)C)C2. The minimum atomic E-state index is 0.183. The van der Waals surface area contributed by atoms with Gasteiger partial charge in [-0.25, -0.2) is 0 Å². The number of nitrogens with zero attached hydrogens (tertiary/aromatic N) is 3. The number of hydrogen-bond acceptors (Lipinski definition) is 4. The lowest BCUT2D eigenvalue weighted by molar-refractivity contribution is -0.177. The molecular weight excluding hydrogens is 242 g/mol. The van der Waals surface area contributed by atoms with E-state index in [2.05, 4.69) is 23.6 Å². The maximum atomic E-state index is 11.8. The molecule has 0 radical (unpaired) electrons. The molecule has 3 saturated heterocycles. The smallest absolute Gasteiger partial charge is 0.219 e. The van der Waals surface area contributed by atoms with E-state index in [-0.39, 0.29) is 11.4 Å². The van der Waals surface area contributed by atoms with Crippen LogP contribution in [0, 0.1) is 0 Å². The van der Waals surface area contributed by atoms with Crippen LogP contribution in [-0.4, -0.2) is 84.2 Å². The van der Waals surface area contributed by atoms with E-state index in [0.717, 1.165) is 45.9 Å². The van der Waals surface area contributed by atoms with Gasteiger partial charge in [0, 0.05) is 45.7 Å². The number of hydrogen-bond donors (Lipinski definition) is 0. The number of carbonyl (C=O) groups is 1. The minimum absolute atomic E-state index is 0.183. The normalized spacial score (nSPS) is 31.4. The summed E-state index contributed by atoms with van der Waals surface area (Å²) in [5.41, 5.74) is 0.183. The van der Waals surface area contributed by atoms with Gasteiger partial charge in [-0.05, 0) is 13.8 Å². The standard InChI is InChI=1S/C14H25N3O2/c1-11(2)16-9-14(10-16)8-15(12(3)18)6-13-7-19-5-4-17(13)14/h11,13H,4-10H2,1-3H3. The van der Waals surface area contributed by atoms with Crippen LogP contribution < -0.4 is 0 Å². The lowest BCUT2D eigenvalue weighted by Gasteiger charge is -2.64. The Bertz CT molecular complexity index is 366. The Kier molecular flexibility index (Phi) is 3.31. The third-order valence-electron chi connectivity index (χ3n) is 4.92. The van der Waals surface area contributed by atoms with Crippen LogP contribution in [0.1, 0.15) is 20.8 Å². The zero-order chi connectivity index (χ0) is 13.6. The summed E-state index contributed by atoms with van der Waals surface area (Å²) in [4.78, 5) is 18.9. The van der Waals surface area contributed by atoms with Crippen LogP contribution in [0.4, 0.5) is 0 Å². The van der Waals surface area contributed by atoms with Crippen LogP contribution in [0.5, 0.6) is 0 Å². The highest BCUT2D eigenvalue weighted by molar-refractivity contribution is 5.73. The van der Waals surface area contributed by atoms with Gasteiger partial charge < -0.3 is 9.64 Å². The van der Waals surface area contributed by atoms with Crippen LogP contribution in [0.3, 0.4) is 0 Å². The second kappa shape index (κ2) is 4.72. The molecule has 0 aromatic heterocycles. The summed E-state index contributed by atoms with van der Waals surface area (Å²) in [5, 5.41) is 0. The highest BCUT2D eigenvalue weighted by atomic mass is 16.5. The van der Waals surface area contributed by atoms with E-state index in [0.29, 0.717) is 12.1 Å². The maximum Gasteiger partial charge on any atom is 0.219 e. The molecule has 1 spiro atoms. The number of morpholine rings is 1. The van der Waals surface area contributed by atoms with Crippen LogP contribution >= 0.6 is 0 Å². The van der Waals surface area contributed by atoms with Crippen LogP contribution in [0.25, 0.3) is 0 Å². The van der Waals surface area contributed by atoms with Gasteiger partial charge in [-0.15, -0.1) is 0 Å². The number of carbonyl (C=O) groups excluding carboxylic acids is 1. The first kappa shape index (κ1) is 13.3. The van der Waals surface area contributed by atoms with Crippen molar-refractivity contribution in [2.45, 2.75) is 38.4 Å². The Morgan fingerprint density at radius 3 is 2.68 bits per heavy atom. The fraction of sp³-hybridized carbons (Fsp3) is 0.929. The van der Waals surface area contributed by atoms with Gasteiger partial charge in [0.1, 0.15) is 0 Å². The summed E-state index contributed by atoms with van der Waals surface area (Å²) in [7, 11) is 0. The molecule has 5 heteroatoms. The molecule has 3 aliphatic rings. The first-order valence-electron chi connectivity index (χ1n) is 7.36. The van der Waals surface area contributed by atoms with E-state index >= 15 is 0 Å². The van der Waals surface area contributed by atoms with E-state index in [1.165, 1.54) is 0 Å². The average molecular weight is 267 g/mol. The van der Waals surface area contributed by atoms with Crippen LogP contribution in [0.2, 0.25) is 0 Å². The zero-order valence-corrected chi connectivity index (χ0v) is 12.3. The molecule has 3 heterocycles. The first-order valence-corrected chi connectivity index (χ1v) is 7.36. The van der Waals surface area contributed by atoms with Crippen molar-refractivity contribution in [2.24, 2.45) is 0 Å². The van der Waals surface area contributed by atoms with Crippen molar-refractivity contribution < 1.29 is 9.53 Å². The number of amides is 1. The molecule has 3 rings (SSSR count). The fourth-order valence-electron chi connectivity index (χ4n) is 3.79. The third kappa shape index (κ3) is 2.18. The lowest BCUT2D eigenvalue weighted by Crippen LogP contribution is -2.81. The van der Waals surface area contributed by atoms with Crippen molar-refractivity contribution in [2.75, 3.05) is 45.9 Å². The topological polar surface area (TPSA) is 36.0 Å². The Balaban J connectivity index is 1.78. The molecule has 3 fully saturated rings. The van der Waals surface area contributed by atoms with Crippen LogP contribution in [0.15, 0.2) is 0 Å². The molecule has 1 atom stereocenters. The van der Waals surface area contributed by atoms with Gasteiger partial charge in [0.05, 0.1) is 24.8 Å². The van der Waals surface area contributed by atoms with E-state index in [1.54, 1.807) is 6.92 Å². The molecule has 0 saturated carbocycles. The van der Waals surface area contributed by atoms with Crippen molar-refractivity contribution in [3.8, 4) is 0 Å². The largest absolute Gasteiger partial charge is 0.378 e. The minimum Gasteiger partial charge on any atom is -0.378 e. The number of rotatable bonds is 1. The van der Waals surface area contributed by atoms with Gasteiger partial charge in [-0.3, -0.25) is 14.6 Å². The molecule has 1 unspecified atom stereocenters. The number of likely N-dealkylation sites (tertiary alicyclic amines) is 1. The quantitative estimate of drug-likeness (QED) is 0.671. The average Bonchev–Trinajstić information content (AvgIpc) is 2.34. The molecule has 19 heavy (non-hydrogen) atoms. The second-order valence-corrected chi connectivity index (χ2v) is 6.54. The summed E-state index contributed by atoms with van der Waals surface area (Å²) in [6.45, 7) is 12.7. The molecular formula is C14H25N3O2. The number of ether oxygens (including phenoxy) is 1. The summed E-state index contributed by atoms with van der Waals surface area (Å²) in [6, 6.07) is 0.985. The Morgan fingerprint density at radius 1 is 1.32 bits per heavy atom. The lowest BCUT2D eigenvalue weighted by atomic mass is 9.81. The first-order chi connectivity index (χ1) is 9.02. The molecule has 5 nitrogen and oxygen atoms in total. The highest BCUT2D eigenvalue weighted by Crippen LogP contribution is 2.36. The van der Waals surface area contributed by atoms with Gasteiger partial charge in [-0.1, -0.05) is 0 Å². The molecule has 108 valence electrons. The summed E-state index contributed by atoms with van der Waals surface area (Å²) >= 11 is 0. The maximum absolute atomic E-state index is 11.8. The molecule has 0 bridgehead atoms.